The Labute approximate surface area is 224 Å². The van der Waals surface area contributed by atoms with E-state index in [1.165, 1.54) is 0 Å². The molecule has 1 N–H and O–H groups in total. The largest absolute Gasteiger partial charge is 0.484 e. The SMILES string of the molecule is Cc1cccc(CN(C(=O)COc2ccc(Cl)c(C)c2)[C@@H](Cc2ccccc2)C(=O)NC2CCCC2)c1. The van der Waals surface area contributed by atoms with Gasteiger partial charge >= 0.3 is 0 Å². The zero-order valence-electron chi connectivity index (χ0n) is 21.6. The minimum absolute atomic E-state index is 0.112. The Morgan fingerprint density at radius 3 is 2.41 bits per heavy atom. The van der Waals surface area contributed by atoms with Gasteiger partial charge in [-0.3, -0.25) is 9.59 Å². The van der Waals surface area contributed by atoms with Crippen LogP contribution in [0.25, 0.3) is 0 Å². The fourth-order valence-corrected chi connectivity index (χ4v) is 4.98. The van der Waals surface area contributed by atoms with Crippen molar-refractivity contribution in [3.8, 4) is 5.75 Å². The molecule has 1 aliphatic carbocycles. The first-order valence-corrected chi connectivity index (χ1v) is 13.3. The summed E-state index contributed by atoms with van der Waals surface area (Å²) in [4.78, 5) is 29.1. The monoisotopic (exact) mass is 518 g/mol. The lowest BCUT2D eigenvalue weighted by atomic mass is 10.0. The second-order valence-electron chi connectivity index (χ2n) is 9.91. The number of halogens is 1. The van der Waals surface area contributed by atoms with Gasteiger partial charge in [-0.1, -0.05) is 84.6 Å². The molecule has 1 aliphatic rings. The highest BCUT2D eigenvalue weighted by atomic mass is 35.5. The number of carbonyl (C=O) groups excluding carboxylic acids is 2. The van der Waals surface area contributed by atoms with Crippen LogP contribution in [0, 0.1) is 13.8 Å². The number of nitrogens with one attached hydrogen (secondary N) is 1. The fourth-order valence-electron chi connectivity index (χ4n) is 4.86. The van der Waals surface area contributed by atoms with E-state index in [1.54, 1.807) is 17.0 Å². The van der Waals surface area contributed by atoms with Gasteiger partial charge in [0, 0.05) is 24.0 Å². The number of hydrogen-bond acceptors (Lipinski definition) is 3. The Kier molecular flexibility index (Phi) is 9.24. The Balaban J connectivity index is 1.61. The number of ether oxygens (including phenoxy) is 1. The van der Waals surface area contributed by atoms with Crippen molar-refractivity contribution in [1.29, 1.82) is 0 Å². The second kappa shape index (κ2) is 12.8. The van der Waals surface area contributed by atoms with E-state index < -0.39 is 6.04 Å². The Bertz CT molecular complexity index is 1210. The summed E-state index contributed by atoms with van der Waals surface area (Å²) in [6, 6.07) is 22.7. The number of hydrogen-bond donors (Lipinski definition) is 1. The maximum atomic E-state index is 13.7. The molecule has 5 nitrogen and oxygen atoms in total. The topological polar surface area (TPSA) is 58.6 Å². The van der Waals surface area contributed by atoms with E-state index in [1.807, 2.05) is 68.4 Å². The van der Waals surface area contributed by atoms with Crippen LogP contribution in [0.1, 0.15) is 47.9 Å². The van der Waals surface area contributed by atoms with E-state index in [9.17, 15) is 9.59 Å². The van der Waals surface area contributed by atoms with Crippen molar-refractivity contribution < 1.29 is 14.3 Å². The molecule has 0 radical (unpaired) electrons. The predicted molar refractivity (Wildman–Crippen MR) is 148 cm³/mol. The van der Waals surface area contributed by atoms with Crippen LogP contribution < -0.4 is 10.1 Å². The van der Waals surface area contributed by atoms with Crippen LogP contribution in [0.2, 0.25) is 5.02 Å². The lowest BCUT2D eigenvalue weighted by Crippen LogP contribution is -2.53. The average molecular weight is 519 g/mol. The van der Waals surface area contributed by atoms with Gasteiger partial charge < -0.3 is 15.0 Å². The third-order valence-electron chi connectivity index (χ3n) is 6.90. The zero-order chi connectivity index (χ0) is 26.2. The number of rotatable bonds is 10. The van der Waals surface area contributed by atoms with Crippen molar-refractivity contribution in [3.63, 3.8) is 0 Å². The van der Waals surface area contributed by atoms with Crippen molar-refractivity contribution in [1.82, 2.24) is 10.2 Å². The molecule has 0 aromatic heterocycles. The number of nitrogens with zero attached hydrogens (tertiary/aromatic N) is 1. The summed E-state index contributed by atoms with van der Waals surface area (Å²) in [7, 11) is 0. The van der Waals surface area contributed by atoms with Gasteiger partial charge in [0.1, 0.15) is 11.8 Å². The molecule has 1 fully saturated rings. The molecule has 1 saturated carbocycles. The molecule has 37 heavy (non-hydrogen) atoms. The van der Waals surface area contributed by atoms with Gasteiger partial charge in [0.25, 0.3) is 5.91 Å². The number of benzene rings is 3. The quantitative estimate of drug-likeness (QED) is 0.356. The van der Waals surface area contributed by atoms with Crippen LogP contribution in [0.15, 0.2) is 72.8 Å². The van der Waals surface area contributed by atoms with Crippen molar-refractivity contribution in [2.75, 3.05) is 6.61 Å². The summed E-state index contributed by atoms with van der Waals surface area (Å²) in [5.74, 6) is 0.219. The molecule has 0 saturated heterocycles. The van der Waals surface area contributed by atoms with E-state index in [0.717, 1.165) is 47.9 Å². The molecule has 0 spiro atoms. The first-order valence-electron chi connectivity index (χ1n) is 13.0. The first-order chi connectivity index (χ1) is 17.9. The van der Waals surface area contributed by atoms with Crippen molar-refractivity contribution in [3.05, 3.63) is 100 Å². The smallest absolute Gasteiger partial charge is 0.261 e. The molecule has 0 heterocycles. The molecule has 3 aromatic rings. The summed E-state index contributed by atoms with van der Waals surface area (Å²) in [5, 5.41) is 3.88. The Hall–Kier alpha value is -3.31. The van der Waals surface area contributed by atoms with Crippen LogP contribution in [0.3, 0.4) is 0 Å². The molecule has 0 unspecified atom stereocenters. The van der Waals surface area contributed by atoms with Gasteiger partial charge in [0.05, 0.1) is 0 Å². The lowest BCUT2D eigenvalue weighted by molar-refractivity contribution is -0.143. The third kappa shape index (κ3) is 7.59. The van der Waals surface area contributed by atoms with Gasteiger partial charge in [0.2, 0.25) is 5.91 Å². The summed E-state index contributed by atoms with van der Waals surface area (Å²) >= 11 is 6.14. The van der Waals surface area contributed by atoms with Gasteiger partial charge in [-0.05, 0) is 61.6 Å². The van der Waals surface area contributed by atoms with Gasteiger partial charge in [0.15, 0.2) is 6.61 Å². The van der Waals surface area contributed by atoms with E-state index in [0.29, 0.717) is 23.7 Å². The molecule has 0 aliphatic heterocycles. The molecule has 0 bridgehead atoms. The van der Waals surface area contributed by atoms with Crippen LogP contribution >= 0.6 is 11.6 Å². The summed E-state index contributed by atoms with van der Waals surface area (Å²) in [6.45, 7) is 4.06. The molecule has 6 heteroatoms. The number of aryl methyl sites for hydroxylation is 2. The molecule has 4 rings (SSSR count). The normalized spacial score (nSPS) is 14.2. The number of amides is 2. The maximum absolute atomic E-state index is 13.7. The summed E-state index contributed by atoms with van der Waals surface area (Å²) in [5.41, 5.74) is 3.96. The average Bonchev–Trinajstić information content (AvgIpc) is 3.40. The van der Waals surface area contributed by atoms with Crippen molar-refractivity contribution >= 4 is 23.4 Å². The molecule has 1 atom stereocenters. The standard InChI is InChI=1S/C31H35ClN2O3/c1-22-9-8-12-25(17-22)20-34(30(35)21-37-27-15-16-28(32)23(2)18-27)29(19-24-10-4-3-5-11-24)31(36)33-26-13-6-7-14-26/h3-5,8-12,15-18,26,29H,6-7,13-14,19-21H2,1-2H3,(H,33,36)/t29-/m0/s1. The fraction of sp³-hybridized carbons (Fsp3) is 0.355. The molecule has 2 amide bonds. The second-order valence-corrected chi connectivity index (χ2v) is 10.3. The molecular formula is C31H35ClN2O3. The van der Waals surface area contributed by atoms with E-state index in [4.69, 9.17) is 16.3 Å². The van der Waals surface area contributed by atoms with Crippen molar-refractivity contribution in [2.45, 2.75) is 64.6 Å². The highest BCUT2D eigenvalue weighted by molar-refractivity contribution is 6.31. The van der Waals surface area contributed by atoms with E-state index in [2.05, 4.69) is 11.4 Å². The van der Waals surface area contributed by atoms with Crippen LogP contribution in [-0.4, -0.2) is 35.4 Å². The molecule has 194 valence electrons. The van der Waals surface area contributed by atoms with Crippen LogP contribution in [0.4, 0.5) is 0 Å². The van der Waals surface area contributed by atoms with Gasteiger partial charge in [-0.25, -0.2) is 0 Å². The van der Waals surface area contributed by atoms with Gasteiger partial charge in [-0.15, -0.1) is 0 Å². The zero-order valence-corrected chi connectivity index (χ0v) is 22.3. The summed E-state index contributed by atoms with van der Waals surface area (Å²) < 4.78 is 5.88. The van der Waals surface area contributed by atoms with E-state index >= 15 is 0 Å². The minimum Gasteiger partial charge on any atom is -0.484 e. The highest BCUT2D eigenvalue weighted by Crippen LogP contribution is 2.23. The molecular weight excluding hydrogens is 484 g/mol. The summed E-state index contributed by atoms with van der Waals surface area (Å²) in [6.07, 6.45) is 4.63. The maximum Gasteiger partial charge on any atom is 0.261 e. The van der Waals surface area contributed by atoms with Crippen molar-refractivity contribution in [2.24, 2.45) is 0 Å². The highest BCUT2D eigenvalue weighted by Gasteiger charge is 2.32. The van der Waals surface area contributed by atoms with Gasteiger partial charge in [-0.2, -0.15) is 0 Å². The third-order valence-corrected chi connectivity index (χ3v) is 7.32. The molecule has 3 aromatic carbocycles. The lowest BCUT2D eigenvalue weighted by Gasteiger charge is -2.32. The Morgan fingerprint density at radius 2 is 1.70 bits per heavy atom. The van der Waals surface area contributed by atoms with E-state index in [-0.39, 0.29) is 24.5 Å². The number of carbonyl (C=O) groups is 2. The predicted octanol–water partition coefficient (Wildman–Crippen LogP) is 6.03. The van der Waals surface area contributed by atoms with Crippen LogP contribution in [0.5, 0.6) is 5.75 Å². The van der Waals surface area contributed by atoms with Crippen LogP contribution in [-0.2, 0) is 22.6 Å². The first kappa shape index (κ1) is 26.7. The minimum atomic E-state index is -0.661. The Morgan fingerprint density at radius 1 is 0.973 bits per heavy atom.